The van der Waals surface area contributed by atoms with Crippen LogP contribution in [0.4, 0.5) is 0 Å². The van der Waals surface area contributed by atoms with Gasteiger partial charge in [0.2, 0.25) is 5.91 Å². The number of methoxy groups -OCH3 is 1. The van der Waals surface area contributed by atoms with Crippen LogP contribution in [0.25, 0.3) is 17.2 Å². The van der Waals surface area contributed by atoms with Crippen molar-refractivity contribution in [3.8, 4) is 16.9 Å². The van der Waals surface area contributed by atoms with Gasteiger partial charge < -0.3 is 24.9 Å². The van der Waals surface area contributed by atoms with Crippen molar-refractivity contribution in [3.05, 3.63) is 81.6 Å². The minimum Gasteiger partial charge on any atom is -0.490 e. The number of oxime groups is 1. The maximum atomic E-state index is 12.8. The minimum atomic E-state index is -0.594. The molecule has 1 aliphatic heterocycles. The topological polar surface area (TPSA) is 118 Å². The standard InChI is InChI=1S/C29H27N3O6S/c1-37-29(35)24-9-4-13-32(24)25(33)17-30-28(34)27-18(12-15-39-27)6-5-14-38-19-10-11-21-20-7-2-3-8-22(20)26(31-36)23(21)16-19/h2-3,5-8,10-12,15-16,24,36H,4,9,13-14,17H2,1H3,(H,30,34)/b6-5+,31-26-. The lowest BCUT2D eigenvalue weighted by Crippen LogP contribution is -2.45. The third-order valence-corrected chi connectivity index (χ3v) is 7.74. The number of carbonyl (C=O) groups excluding carboxylic acids is 3. The molecular weight excluding hydrogens is 518 g/mol. The summed E-state index contributed by atoms with van der Waals surface area (Å²) in [6.07, 6.45) is 4.88. The number of nitrogens with zero attached hydrogens (tertiary/aromatic N) is 2. The van der Waals surface area contributed by atoms with Crippen LogP contribution in [-0.2, 0) is 14.3 Å². The first-order chi connectivity index (χ1) is 19.0. The normalized spacial score (nSPS) is 16.8. The lowest BCUT2D eigenvalue weighted by molar-refractivity contribution is -0.150. The van der Waals surface area contributed by atoms with Crippen LogP contribution in [0.1, 0.15) is 39.2 Å². The molecule has 1 fully saturated rings. The second kappa shape index (κ2) is 11.5. The Morgan fingerprint density at radius 2 is 1.92 bits per heavy atom. The third-order valence-electron chi connectivity index (χ3n) is 6.81. The number of fused-ring (bicyclic) bond motifs is 3. The van der Waals surface area contributed by atoms with Gasteiger partial charge in [0.1, 0.15) is 24.1 Å². The van der Waals surface area contributed by atoms with Gasteiger partial charge in [0.25, 0.3) is 5.91 Å². The quantitative estimate of drug-likeness (QED) is 0.197. The molecule has 0 radical (unpaired) electrons. The van der Waals surface area contributed by atoms with Crippen LogP contribution in [0.5, 0.6) is 5.75 Å². The Bertz CT molecular complexity index is 1480. The molecule has 2 aliphatic rings. The van der Waals surface area contributed by atoms with Gasteiger partial charge in [-0.15, -0.1) is 11.3 Å². The number of likely N-dealkylation sites (tertiary alicyclic amines) is 1. The monoisotopic (exact) mass is 545 g/mol. The van der Waals surface area contributed by atoms with Crippen LogP contribution in [-0.4, -0.2) is 66.5 Å². The van der Waals surface area contributed by atoms with Crippen LogP contribution in [0.2, 0.25) is 0 Å². The summed E-state index contributed by atoms with van der Waals surface area (Å²) in [6.45, 7) is 0.529. The van der Waals surface area contributed by atoms with Gasteiger partial charge >= 0.3 is 5.97 Å². The predicted molar refractivity (Wildman–Crippen MR) is 147 cm³/mol. The Morgan fingerprint density at radius 1 is 1.13 bits per heavy atom. The molecule has 0 saturated carbocycles. The second-order valence-corrected chi connectivity index (χ2v) is 9.99. The van der Waals surface area contributed by atoms with E-state index in [0.717, 1.165) is 28.7 Å². The molecule has 1 unspecified atom stereocenters. The average Bonchev–Trinajstić information content (AvgIpc) is 3.70. The van der Waals surface area contributed by atoms with Gasteiger partial charge in [0.15, 0.2) is 0 Å². The van der Waals surface area contributed by atoms with E-state index in [2.05, 4.69) is 10.5 Å². The summed E-state index contributed by atoms with van der Waals surface area (Å²) in [5, 5.41) is 17.5. The molecule has 0 spiro atoms. The van der Waals surface area contributed by atoms with E-state index in [0.29, 0.717) is 34.9 Å². The van der Waals surface area contributed by atoms with E-state index in [-0.39, 0.29) is 25.0 Å². The van der Waals surface area contributed by atoms with Crippen LogP contribution < -0.4 is 10.1 Å². The molecular formula is C29H27N3O6S. The number of rotatable bonds is 8. The van der Waals surface area contributed by atoms with E-state index in [1.807, 2.05) is 48.5 Å². The fourth-order valence-electron chi connectivity index (χ4n) is 4.96. The Balaban J connectivity index is 1.17. The molecule has 1 atom stereocenters. The highest BCUT2D eigenvalue weighted by atomic mass is 32.1. The molecule has 2 heterocycles. The van der Waals surface area contributed by atoms with E-state index in [4.69, 9.17) is 9.47 Å². The maximum absolute atomic E-state index is 12.8. The SMILES string of the molecule is COC(=O)C1CCCN1C(=O)CNC(=O)c1sccc1/C=C/COc1ccc2c(c1)/C(=N\O)c1ccccc1-2. The number of esters is 1. The molecule has 9 nitrogen and oxygen atoms in total. The molecule has 1 aromatic heterocycles. The van der Waals surface area contributed by atoms with E-state index >= 15 is 0 Å². The summed E-state index contributed by atoms with van der Waals surface area (Å²) in [4.78, 5) is 39.2. The Kier molecular flexibility index (Phi) is 7.74. The summed E-state index contributed by atoms with van der Waals surface area (Å²) in [5.74, 6) is -0.486. The first-order valence-electron chi connectivity index (χ1n) is 12.5. The van der Waals surface area contributed by atoms with Crippen LogP contribution in [0.15, 0.2) is 65.1 Å². The molecule has 1 saturated heterocycles. The van der Waals surface area contributed by atoms with Crippen molar-refractivity contribution in [2.45, 2.75) is 18.9 Å². The molecule has 200 valence electrons. The average molecular weight is 546 g/mol. The zero-order valence-electron chi connectivity index (χ0n) is 21.3. The largest absolute Gasteiger partial charge is 0.490 e. The summed E-state index contributed by atoms with van der Waals surface area (Å²) >= 11 is 1.28. The molecule has 1 aliphatic carbocycles. The smallest absolute Gasteiger partial charge is 0.328 e. The van der Waals surface area contributed by atoms with Gasteiger partial charge in [-0.2, -0.15) is 0 Å². The fraction of sp³-hybridized carbons (Fsp3) is 0.241. The van der Waals surface area contributed by atoms with E-state index in [1.165, 1.54) is 23.3 Å². The van der Waals surface area contributed by atoms with Crippen molar-refractivity contribution in [1.82, 2.24) is 10.2 Å². The summed E-state index contributed by atoms with van der Waals surface area (Å²) < 4.78 is 10.7. The van der Waals surface area contributed by atoms with E-state index in [9.17, 15) is 19.6 Å². The van der Waals surface area contributed by atoms with Crippen molar-refractivity contribution in [3.63, 3.8) is 0 Å². The van der Waals surface area contributed by atoms with Gasteiger partial charge in [0.05, 0.1) is 18.5 Å². The predicted octanol–water partition coefficient (Wildman–Crippen LogP) is 3.94. The highest BCUT2D eigenvalue weighted by Crippen LogP contribution is 2.38. The zero-order valence-corrected chi connectivity index (χ0v) is 22.1. The molecule has 2 amide bonds. The maximum Gasteiger partial charge on any atom is 0.328 e. The number of hydrogen-bond acceptors (Lipinski definition) is 8. The van der Waals surface area contributed by atoms with Crippen molar-refractivity contribution >= 4 is 40.9 Å². The summed E-state index contributed by atoms with van der Waals surface area (Å²) in [7, 11) is 1.30. The first kappa shape index (κ1) is 26.2. The molecule has 2 N–H and O–H groups in total. The Labute approximate surface area is 229 Å². The number of ether oxygens (including phenoxy) is 2. The fourth-order valence-corrected chi connectivity index (χ4v) is 5.76. The minimum absolute atomic E-state index is 0.197. The van der Waals surface area contributed by atoms with Crippen molar-refractivity contribution in [2.24, 2.45) is 5.16 Å². The number of amides is 2. The second-order valence-electron chi connectivity index (χ2n) is 9.07. The summed E-state index contributed by atoms with van der Waals surface area (Å²) in [6, 6.07) is 14.7. The molecule has 10 heteroatoms. The molecule has 2 aromatic carbocycles. The summed E-state index contributed by atoms with van der Waals surface area (Å²) in [5.41, 5.74) is 4.90. The Morgan fingerprint density at radius 3 is 2.72 bits per heavy atom. The van der Waals surface area contributed by atoms with Crippen molar-refractivity contribution in [1.29, 1.82) is 0 Å². The van der Waals surface area contributed by atoms with Gasteiger partial charge in [0, 0.05) is 17.7 Å². The van der Waals surface area contributed by atoms with Crippen molar-refractivity contribution in [2.75, 3.05) is 26.8 Å². The lowest BCUT2D eigenvalue weighted by atomic mass is 10.1. The first-order valence-corrected chi connectivity index (χ1v) is 13.4. The van der Waals surface area contributed by atoms with Gasteiger partial charge in [-0.1, -0.05) is 35.5 Å². The number of benzene rings is 2. The van der Waals surface area contributed by atoms with Gasteiger partial charge in [-0.3, -0.25) is 9.59 Å². The van der Waals surface area contributed by atoms with E-state index in [1.54, 1.807) is 17.5 Å². The third kappa shape index (κ3) is 5.28. The molecule has 5 rings (SSSR count). The lowest BCUT2D eigenvalue weighted by Gasteiger charge is -2.22. The number of nitrogens with one attached hydrogen (secondary N) is 1. The van der Waals surface area contributed by atoms with Gasteiger partial charge in [-0.25, -0.2) is 4.79 Å². The van der Waals surface area contributed by atoms with E-state index < -0.39 is 12.0 Å². The highest BCUT2D eigenvalue weighted by molar-refractivity contribution is 7.12. The Hall–Kier alpha value is -4.44. The van der Waals surface area contributed by atoms with Crippen LogP contribution >= 0.6 is 11.3 Å². The molecule has 39 heavy (non-hydrogen) atoms. The highest BCUT2D eigenvalue weighted by Gasteiger charge is 2.34. The zero-order chi connectivity index (χ0) is 27.4. The van der Waals surface area contributed by atoms with Crippen LogP contribution in [0.3, 0.4) is 0 Å². The molecule has 0 bridgehead atoms. The number of carbonyl (C=O) groups is 3. The van der Waals surface area contributed by atoms with Crippen LogP contribution in [0, 0.1) is 0 Å². The number of hydrogen-bond donors (Lipinski definition) is 2. The van der Waals surface area contributed by atoms with Gasteiger partial charge in [-0.05, 0) is 65.3 Å². The van der Waals surface area contributed by atoms with Crippen molar-refractivity contribution < 1.29 is 29.1 Å². The molecule has 3 aromatic rings. The number of thiophene rings is 1.